The lowest BCUT2D eigenvalue weighted by Gasteiger charge is -2.50. The maximum Gasteiger partial charge on any atom is 0.154 e. The van der Waals surface area contributed by atoms with E-state index in [0.717, 1.165) is 11.8 Å². The van der Waals surface area contributed by atoms with Crippen molar-refractivity contribution >= 4 is 6.21 Å². The Kier molecular flexibility index (Phi) is 7.55. The number of ether oxygens (including phenoxy) is 1. The van der Waals surface area contributed by atoms with Crippen LogP contribution in [-0.2, 0) is 4.74 Å². The standard InChI is InChI=1S/C25H44N6O5/c32-11-18-20(33)21(34)24(36-18)31-22-19(23(35)27-12-26-22)29-25(31)30-28-10-17-15-7-3-1-5-13(15)9-14-6-2-4-8-16(14)17/h10,13-27,29-30,32-35H,1-9,11-12H2/b28-10+/t13?,14?,15?,16?,17?,18-,19?,20-,21-,22?,23?,24-,25?/m1/s1. The van der Waals surface area contributed by atoms with Gasteiger partial charge in [-0.25, -0.2) is 4.90 Å². The molecule has 11 heteroatoms. The van der Waals surface area contributed by atoms with Crippen molar-refractivity contribution < 1.29 is 25.2 Å². The molecule has 3 saturated carbocycles. The van der Waals surface area contributed by atoms with Crippen molar-refractivity contribution in [1.82, 2.24) is 26.3 Å². The summed E-state index contributed by atoms with van der Waals surface area (Å²) >= 11 is 0. The van der Waals surface area contributed by atoms with Gasteiger partial charge in [0.2, 0.25) is 0 Å². The van der Waals surface area contributed by atoms with Gasteiger partial charge in [0.25, 0.3) is 0 Å². The summed E-state index contributed by atoms with van der Waals surface area (Å²) in [6.45, 7) is 0.00421. The molecule has 6 fully saturated rings. The van der Waals surface area contributed by atoms with E-state index in [1.165, 1.54) is 57.8 Å². The van der Waals surface area contributed by atoms with Gasteiger partial charge in [0.05, 0.1) is 18.8 Å². The van der Waals surface area contributed by atoms with Gasteiger partial charge in [-0.05, 0) is 42.9 Å². The number of hydrogen-bond acceptors (Lipinski definition) is 11. The first-order valence-electron chi connectivity index (χ1n) is 14.2. The van der Waals surface area contributed by atoms with E-state index in [9.17, 15) is 20.4 Å². The third kappa shape index (κ3) is 4.50. The maximum atomic E-state index is 10.8. The molecule has 11 nitrogen and oxygen atoms in total. The summed E-state index contributed by atoms with van der Waals surface area (Å²) in [7, 11) is 0. The Morgan fingerprint density at radius 1 is 0.944 bits per heavy atom. The largest absolute Gasteiger partial charge is 0.394 e. The van der Waals surface area contributed by atoms with Crippen molar-refractivity contribution in [1.29, 1.82) is 0 Å². The fourth-order valence-electron chi connectivity index (χ4n) is 8.33. The minimum absolute atomic E-state index is 0.363. The highest BCUT2D eigenvalue weighted by Gasteiger charge is 2.55. The molecule has 6 aliphatic rings. The van der Waals surface area contributed by atoms with Gasteiger partial charge in [-0.2, -0.15) is 5.10 Å². The number of hydrogen-bond donors (Lipinski definition) is 8. The van der Waals surface area contributed by atoms with Gasteiger partial charge in [-0.1, -0.05) is 38.5 Å². The lowest BCUT2D eigenvalue weighted by Crippen LogP contribution is -2.66. The lowest BCUT2D eigenvalue weighted by molar-refractivity contribution is -0.130. The SMILES string of the molecule is OC[C@H]1O[C@@H](N2C(N/N=C/C3C4CCCCC4CC4CCCCC43)NC3C(O)NCNC32)[C@H](O)[C@@H]1O. The Hall–Kier alpha value is -0.890. The van der Waals surface area contributed by atoms with Crippen LogP contribution in [0.3, 0.4) is 0 Å². The van der Waals surface area contributed by atoms with E-state index in [1.807, 2.05) is 4.90 Å². The zero-order chi connectivity index (χ0) is 24.8. The van der Waals surface area contributed by atoms with Crippen molar-refractivity contribution in [3.63, 3.8) is 0 Å². The van der Waals surface area contributed by atoms with Crippen LogP contribution in [0.4, 0.5) is 0 Å². The van der Waals surface area contributed by atoms with Crippen molar-refractivity contribution in [2.75, 3.05) is 13.3 Å². The second-order valence-corrected chi connectivity index (χ2v) is 11.9. The maximum absolute atomic E-state index is 10.8. The van der Waals surface area contributed by atoms with E-state index in [-0.39, 0.29) is 18.8 Å². The Bertz CT molecular complexity index is 770. The fraction of sp³-hybridized carbons (Fsp3) is 0.960. The summed E-state index contributed by atoms with van der Waals surface area (Å²) in [5.41, 5.74) is 3.26. The molecule has 0 radical (unpaired) electrons. The number of nitrogens with one attached hydrogen (secondary N) is 4. The smallest absolute Gasteiger partial charge is 0.154 e. The van der Waals surface area contributed by atoms with Gasteiger partial charge in [0, 0.05) is 18.8 Å². The Balaban J connectivity index is 1.21. The molecule has 6 rings (SSSR count). The highest BCUT2D eigenvalue weighted by molar-refractivity contribution is 5.62. The van der Waals surface area contributed by atoms with Crippen LogP contribution in [0.25, 0.3) is 0 Å². The summed E-state index contributed by atoms with van der Waals surface area (Å²) in [6, 6.07) is -0.382. The third-order valence-electron chi connectivity index (χ3n) is 10.1. The Morgan fingerprint density at radius 2 is 1.64 bits per heavy atom. The molecule has 3 aliphatic heterocycles. The van der Waals surface area contributed by atoms with Crippen LogP contribution in [0.5, 0.6) is 0 Å². The zero-order valence-corrected chi connectivity index (χ0v) is 21.0. The van der Waals surface area contributed by atoms with E-state index in [4.69, 9.17) is 9.84 Å². The molecular weight excluding hydrogens is 464 g/mol. The monoisotopic (exact) mass is 508 g/mol. The van der Waals surface area contributed by atoms with Crippen molar-refractivity contribution in [3.05, 3.63) is 0 Å². The van der Waals surface area contributed by atoms with Gasteiger partial charge in [-0.3, -0.25) is 21.4 Å². The van der Waals surface area contributed by atoms with Gasteiger partial charge < -0.3 is 25.2 Å². The van der Waals surface area contributed by atoms with Gasteiger partial charge in [-0.15, -0.1) is 0 Å². The molecule has 0 aromatic heterocycles. The summed E-state index contributed by atoms with van der Waals surface area (Å²) in [4.78, 5) is 1.85. The van der Waals surface area contributed by atoms with Crippen LogP contribution in [-0.4, -0.2) is 94.1 Å². The second kappa shape index (κ2) is 10.7. The molecular formula is C25H44N6O5. The van der Waals surface area contributed by atoms with Crippen LogP contribution in [0.2, 0.25) is 0 Å². The summed E-state index contributed by atoms with van der Waals surface area (Å²) in [5.74, 6) is 3.56. The molecule has 3 heterocycles. The molecule has 36 heavy (non-hydrogen) atoms. The van der Waals surface area contributed by atoms with Gasteiger partial charge in [0.1, 0.15) is 30.8 Å². The van der Waals surface area contributed by atoms with E-state index in [2.05, 4.69) is 27.6 Å². The molecule has 0 spiro atoms. The third-order valence-corrected chi connectivity index (χ3v) is 10.1. The minimum Gasteiger partial charge on any atom is -0.394 e. The molecule has 204 valence electrons. The second-order valence-electron chi connectivity index (χ2n) is 11.9. The van der Waals surface area contributed by atoms with Crippen LogP contribution in [0.1, 0.15) is 57.8 Å². The van der Waals surface area contributed by atoms with Crippen LogP contribution in [0.15, 0.2) is 5.10 Å². The number of aliphatic hydroxyl groups excluding tert-OH is 4. The molecule has 3 saturated heterocycles. The quantitative estimate of drug-likeness (QED) is 0.171. The molecule has 0 aromatic rings. The summed E-state index contributed by atoms with van der Waals surface area (Å²) in [6.07, 6.45) is 8.41. The number of hydrazone groups is 1. The fourth-order valence-corrected chi connectivity index (χ4v) is 8.33. The van der Waals surface area contributed by atoms with Crippen molar-refractivity contribution in [3.8, 4) is 0 Å². The van der Waals surface area contributed by atoms with E-state index in [1.54, 1.807) is 0 Å². The first-order valence-corrected chi connectivity index (χ1v) is 14.2. The normalized spacial score (nSPS) is 51.6. The Morgan fingerprint density at radius 3 is 2.31 bits per heavy atom. The molecule has 0 bridgehead atoms. The lowest BCUT2D eigenvalue weighted by atomic mass is 9.55. The molecule has 8 N–H and O–H groups in total. The van der Waals surface area contributed by atoms with E-state index >= 15 is 0 Å². The number of nitrogens with zero attached hydrogens (tertiary/aromatic N) is 2. The number of aliphatic hydroxyl groups is 4. The van der Waals surface area contributed by atoms with Crippen LogP contribution in [0, 0.1) is 29.6 Å². The van der Waals surface area contributed by atoms with Crippen molar-refractivity contribution in [2.45, 2.75) is 107 Å². The van der Waals surface area contributed by atoms with E-state index < -0.39 is 37.1 Å². The number of rotatable bonds is 5. The topological polar surface area (TPSA) is 154 Å². The molecule has 0 amide bonds. The first-order chi connectivity index (χ1) is 17.6. The average molecular weight is 509 g/mol. The summed E-state index contributed by atoms with van der Waals surface area (Å²) < 4.78 is 5.87. The molecule has 3 aliphatic carbocycles. The van der Waals surface area contributed by atoms with Gasteiger partial charge >= 0.3 is 0 Å². The first kappa shape index (κ1) is 25.4. The zero-order valence-electron chi connectivity index (χ0n) is 21.0. The van der Waals surface area contributed by atoms with Crippen LogP contribution >= 0.6 is 0 Å². The predicted molar refractivity (Wildman–Crippen MR) is 132 cm³/mol. The van der Waals surface area contributed by atoms with E-state index in [0.29, 0.717) is 24.4 Å². The molecule has 8 unspecified atom stereocenters. The molecule has 0 aromatic carbocycles. The minimum atomic E-state index is -1.20. The average Bonchev–Trinajstić information content (AvgIpc) is 3.40. The Labute approximate surface area is 213 Å². The molecule has 12 atom stereocenters. The highest BCUT2D eigenvalue weighted by atomic mass is 16.6. The highest BCUT2D eigenvalue weighted by Crippen LogP contribution is 2.52. The van der Waals surface area contributed by atoms with Crippen molar-refractivity contribution in [2.24, 2.45) is 34.7 Å². The number of fused-ring (bicyclic) bond motifs is 3. The van der Waals surface area contributed by atoms with Crippen LogP contribution < -0.4 is 21.4 Å². The predicted octanol–water partition coefficient (Wildman–Crippen LogP) is -1.01. The summed E-state index contributed by atoms with van der Waals surface area (Å²) in [5, 5.41) is 55.8. The van der Waals surface area contributed by atoms with Gasteiger partial charge in [0.15, 0.2) is 6.29 Å².